The van der Waals surface area contributed by atoms with Gasteiger partial charge in [-0.3, -0.25) is 0 Å². The molecule has 0 aliphatic carbocycles. The maximum Gasteiger partial charge on any atom is 0.227 e. The Morgan fingerprint density at radius 1 is 0.857 bits per heavy atom. The van der Waals surface area contributed by atoms with E-state index in [1.165, 1.54) is 29.5 Å². The molecule has 2 aromatic carbocycles. The van der Waals surface area contributed by atoms with Gasteiger partial charge in [0.1, 0.15) is 5.52 Å². The quantitative estimate of drug-likeness (QED) is 0.400. The van der Waals surface area contributed by atoms with Crippen LogP contribution in [0.5, 0.6) is 0 Å². The van der Waals surface area contributed by atoms with Gasteiger partial charge in [-0.1, -0.05) is 59.7 Å². The van der Waals surface area contributed by atoms with E-state index in [9.17, 15) is 0 Å². The Morgan fingerprint density at radius 2 is 1.57 bits per heavy atom. The normalized spacial score (nSPS) is 12.0. The van der Waals surface area contributed by atoms with Crippen molar-refractivity contribution >= 4 is 11.1 Å². The van der Waals surface area contributed by atoms with Crippen LogP contribution in [-0.4, -0.2) is 4.98 Å². The van der Waals surface area contributed by atoms with Crippen LogP contribution in [0.25, 0.3) is 22.6 Å². The van der Waals surface area contributed by atoms with Gasteiger partial charge in [-0.2, -0.15) is 0 Å². The van der Waals surface area contributed by atoms with E-state index in [4.69, 9.17) is 9.40 Å². The number of nitrogens with zero attached hydrogens (tertiary/aromatic N) is 1. The van der Waals surface area contributed by atoms with Gasteiger partial charge in [-0.15, -0.1) is 0 Å². The molecule has 1 aromatic heterocycles. The van der Waals surface area contributed by atoms with Crippen LogP contribution < -0.4 is 0 Å². The Balaban J connectivity index is 1.99. The highest BCUT2D eigenvalue weighted by Gasteiger charge is 2.15. The Morgan fingerprint density at radius 3 is 2.25 bits per heavy atom. The van der Waals surface area contributed by atoms with Gasteiger partial charge in [-0.05, 0) is 78.3 Å². The molecule has 0 unspecified atom stereocenters. The third-order valence-corrected chi connectivity index (χ3v) is 5.44. The van der Waals surface area contributed by atoms with E-state index >= 15 is 0 Å². The van der Waals surface area contributed by atoms with E-state index in [-0.39, 0.29) is 0 Å². The van der Waals surface area contributed by atoms with Crippen LogP contribution in [0.15, 0.2) is 40.8 Å². The standard InChI is InChI=1S/C26H35NO/c1-17(2)10-12-20-8-7-9-22(14-20)26-27-25-21(13-11-18(3)4)15-23(19(5)6)16-24(25)28-26/h7-9,14-19H,10-13H2,1-6H3. The van der Waals surface area contributed by atoms with E-state index in [0.717, 1.165) is 35.4 Å². The Hall–Kier alpha value is -2.09. The molecule has 2 nitrogen and oxygen atoms in total. The first-order valence-corrected chi connectivity index (χ1v) is 10.9. The molecule has 0 radical (unpaired) electrons. The average molecular weight is 378 g/mol. The number of rotatable bonds is 8. The molecule has 0 aliphatic rings. The molecular weight excluding hydrogens is 342 g/mol. The van der Waals surface area contributed by atoms with Crippen molar-refractivity contribution in [2.45, 2.75) is 73.1 Å². The number of benzene rings is 2. The predicted octanol–water partition coefficient (Wildman–Crippen LogP) is 7.80. The maximum atomic E-state index is 6.26. The molecular formula is C26H35NO. The van der Waals surface area contributed by atoms with Gasteiger partial charge in [-0.25, -0.2) is 4.98 Å². The smallest absolute Gasteiger partial charge is 0.227 e. The molecule has 0 saturated carbocycles. The molecule has 0 amide bonds. The summed E-state index contributed by atoms with van der Waals surface area (Å²) in [6.45, 7) is 13.6. The van der Waals surface area contributed by atoms with E-state index in [1.54, 1.807) is 0 Å². The summed E-state index contributed by atoms with van der Waals surface area (Å²) in [6.07, 6.45) is 4.52. The third kappa shape index (κ3) is 5.04. The minimum Gasteiger partial charge on any atom is -0.436 e. The van der Waals surface area contributed by atoms with Crippen LogP contribution in [0.1, 0.15) is 77.0 Å². The van der Waals surface area contributed by atoms with Crippen LogP contribution >= 0.6 is 0 Å². The summed E-state index contributed by atoms with van der Waals surface area (Å²) in [5.74, 6) is 2.62. The number of hydrogen-bond donors (Lipinski definition) is 0. The Labute approximate surface area is 170 Å². The third-order valence-electron chi connectivity index (χ3n) is 5.44. The van der Waals surface area contributed by atoms with Crippen molar-refractivity contribution in [3.63, 3.8) is 0 Å². The van der Waals surface area contributed by atoms with Gasteiger partial charge in [0.15, 0.2) is 5.58 Å². The number of hydrogen-bond acceptors (Lipinski definition) is 2. The fourth-order valence-corrected chi connectivity index (χ4v) is 3.53. The first-order valence-electron chi connectivity index (χ1n) is 10.9. The van der Waals surface area contributed by atoms with Crippen LogP contribution in [0.3, 0.4) is 0 Å². The lowest BCUT2D eigenvalue weighted by Crippen LogP contribution is -1.96. The number of aryl methyl sites for hydroxylation is 2. The topological polar surface area (TPSA) is 26.0 Å². The summed E-state index contributed by atoms with van der Waals surface area (Å²) in [4.78, 5) is 4.93. The zero-order valence-electron chi connectivity index (χ0n) is 18.4. The summed E-state index contributed by atoms with van der Waals surface area (Å²) < 4.78 is 6.26. The first kappa shape index (κ1) is 20.6. The summed E-state index contributed by atoms with van der Waals surface area (Å²) in [6, 6.07) is 13.2. The highest BCUT2D eigenvalue weighted by molar-refractivity contribution is 5.80. The van der Waals surface area contributed by atoms with Gasteiger partial charge in [0.25, 0.3) is 0 Å². The SMILES string of the molecule is CC(C)CCc1cccc(-c2nc3c(CCC(C)C)cc(C(C)C)cc3o2)c1. The Kier molecular flexibility index (Phi) is 6.59. The lowest BCUT2D eigenvalue weighted by molar-refractivity contribution is 0.586. The zero-order chi connectivity index (χ0) is 20.3. The maximum absolute atomic E-state index is 6.26. The second-order valence-electron chi connectivity index (χ2n) is 9.27. The van der Waals surface area contributed by atoms with Crippen molar-refractivity contribution in [3.05, 3.63) is 53.1 Å². The second-order valence-corrected chi connectivity index (χ2v) is 9.27. The lowest BCUT2D eigenvalue weighted by Gasteiger charge is -2.10. The number of fused-ring (bicyclic) bond motifs is 1. The molecule has 0 N–H and O–H groups in total. The van der Waals surface area contributed by atoms with E-state index < -0.39 is 0 Å². The minimum absolute atomic E-state index is 0.482. The fraction of sp³-hybridized carbons (Fsp3) is 0.500. The highest BCUT2D eigenvalue weighted by atomic mass is 16.3. The van der Waals surface area contributed by atoms with E-state index in [2.05, 4.69) is 77.9 Å². The van der Waals surface area contributed by atoms with Crippen molar-refractivity contribution in [2.75, 3.05) is 0 Å². The van der Waals surface area contributed by atoms with Crippen molar-refractivity contribution in [1.29, 1.82) is 0 Å². The first-order chi connectivity index (χ1) is 13.3. The molecule has 3 rings (SSSR count). The molecule has 0 saturated heterocycles. The van der Waals surface area contributed by atoms with Crippen LogP contribution in [0, 0.1) is 11.8 Å². The molecule has 0 spiro atoms. The monoisotopic (exact) mass is 377 g/mol. The van der Waals surface area contributed by atoms with Crippen LogP contribution in [0.2, 0.25) is 0 Å². The van der Waals surface area contributed by atoms with Crippen molar-refractivity contribution in [3.8, 4) is 11.5 Å². The number of oxazole rings is 1. The second kappa shape index (κ2) is 8.94. The largest absolute Gasteiger partial charge is 0.436 e. The molecule has 1 heterocycles. The van der Waals surface area contributed by atoms with E-state index in [0.29, 0.717) is 17.8 Å². The molecule has 0 bridgehead atoms. The lowest BCUT2D eigenvalue weighted by atomic mass is 9.96. The molecule has 2 heteroatoms. The molecule has 0 atom stereocenters. The van der Waals surface area contributed by atoms with Crippen LogP contribution in [-0.2, 0) is 12.8 Å². The van der Waals surface area contributed by atoms with Gasteiger partial charge < -0.3 is 4.42 Å². The van der Waals surface area contributed by atoms with E-state index in [1.807, 2.05) is 0 Å². The Bertz CT molecular complexity index is 917. The van der Waals surface area contributed by atoms with Gasteiger partial charge in [0.05, 0.1) is 0 Å². The van der Waals surface area contributed by atoms with Gasteiger partial charge >= 0.3 is 0 Å². The molecule has 28 heavy (non-hydrogen) atoms. The average Bonchev–Trinajstić information content (AvgIpc) is 3.08. The minimum atomic E-state index is 0.482. The van der Waals surface area contributed by atoms with Crippen LogP contribution in [0.4, 0.5) is 0 Å². The summed E-state index contributed by atoms with van der Waals surface area (Å²) in [5.41, 5.74) is 7.05. The molecule has 0 fully saturated rings. The molecule has 3 aromatic rings. The van der Waals surface area contributed by atoms with Crippen molar-refractivity contribution < 1.29 is 4.42 Å². The molecule has 0 aliphatic heterocycles. The summed E-state index contributed by atoms with van der Waals surface area (Å²) in [5, 5.41) is 0. The van der Waals surface area contributed by atoms with Gasteiger partial charge in [0.2, 0.25) is 5.89 Å². The molecule has 150 valence electrons. The van der Waals surface area contributed by atoms with Gasteiger partial charge in [0, 0.05) is 5.56 Å². The van der Waals surface area contributed by atoms with Crippen molar-refractivity contribution in [2.24, 2.45) is 11.8 Å². The zero-order valence-corrected chi connectivity index (χ0v) is 18.4. The number of aromatic nitrogens is 1. The predicted molar refractivity (Wildman–Crippen MR) is 120 cm³/mol. The highest BCUT2D eigenvalue weighted by Crippen LogP contribution is 2.31. The summed E-state index contributed by atoms with van der Waals surface area (Å²) in [7, 11) is 0. The van der Waals surface area contributed by atoms with Crippen molar-refractivity contribution in [1.82, 2.24) is 4.98 Å². The fourth-order valence-electron chi connectivity index (χ4n) is 3.53. The summed E-state index contributed by atoms with van der Waals surface area (Å²) >= 11 is 0.